The molecule has 0 spiro atoms. The fourth-order valence-electron chi connectivity index (χ4n) is 4.06. The van der Waals surface area contributed by atoms with Crippen LogP contribution in [0.5, 0.6) is 0 Å². The fourth-order valence-corrected chi connectivity index (χ4v) is 5.04. The molecule has 1 aliphatic carbocycles. The van der Waals surface area contributed by atoms with E-state index < -0.39 is 0 Å². The van der Waals surface area contributed by atoms with Gasteiger partial charge in [0.15, 0.2) is 5.96 Å². The summed E-state index contributed by atoms with van der Waals surface area (Å²) in [5.74, 6) is 0.922. The van der Waals surface area contributed by atoms with Gasteiger partial charge in [0.25, 0.3) is 0 Å². The molecule has 154 valence electrons. The topological polar surface area (TPSA) is 48.9 Å². The summed E-state index contributed by atoms with van der Waals surface area (Å²) in [6.07, 6.45) is 6.75. The van der Waals surface area contributed by atoms with Crippen molar-refractivity contribution < 1.29 is 4.74 Å². The average molecular weight is 506 g/mol. The van der Waals surface area contributed by atoms with Crippen LogP contribution in [-0.2, 0) is 10.2 Å². The molecule has 2 heterocycles. The van der Waals surface area contributed by atoms with Crippen molar-refractivity contribution in [2.24, 2.45) is 4.99 Å². The Labute approximate surface area is 185 Å². The first-order valence-electron chi connectivity index (χ1n) is 10.1. The molecule has 1 aromatic rings. The zero-order valence-corrected chi connectivity index (χ0v) is 19.9. The van der Waals surface area contributed by atoms with E-state index in [9.17, 15) is 0 Å². The number of hydrogen-bond donors (Lipinski definition) is 2. The van der Waals surface area contributed by atoms with Crippen molar-refractivity contribution in [3.63, 3.8) is 0 Å². The molecule has 2 aliphatic rings. The Kier molecular flexibility index (Phi) is 9.82. The van der Waals surface area contributed by atoms with Crippen LogP contribution < -0.4 is 10.6 Å². The minimum absolute atomic E-state index is 0. The summed E-state index contributed by atoms with van der Waals surface area (Å²) < 4.78 is 5.86. The predicted molar refractivity (Wildman–Crippen MR) is 126 cm³/mol. The van der Waals surface area contributed by atoms with Crippen LogP contribution in [0.1, 0.15) is 43.9 Å². The normalized spacial score (nSPS) is 23.5. The lowest BCUT2D eigenvalue weighted by atomic mass is 9.73. The van der Waals surface area contributed by atoms with Gasteiger partial charge in [0.2, 0.25) is 0 Å². The van der Waals surface area contributed by atoms with Crippen molar-refractivity contribution in [1.29, 1.82) is 0 Å². The second-order valence-electron chi connectivity index (χ2n) is 7.65. The molecule has 2 N–H and O–H groups in total. The van der Waals surface area contributed by atoms with Crippen molar-refractivity contribution in [1.82, 2.24) is 15.5 Å². The number of aliphatic imine (C=N–C) groups is 1. The van der Waals surface area contributed by atoms with E-state index in [1.165, 1.54) is 37.0 Å². The van der Waals surface area contributed by atoms with E-state index >= 15 is 0 Å². The summed E-state index contributed by atoms with van der Waals surface area (Å²) in [7, 11) is 2.16. The van der Waals surface area contributed by atoms with E-state index in [4.69, 9.17) is 9.73 Å². The molecule has 0 radical (unpaired) electrons. The van der Waals surface area contributed by atoms with Crippen LogP contribution in [0.4, 0.5) is 0 Å². The van der Waals surface area contributed by atoms with Crippen LogP contribution in [0.2, 0.25) is 0 Å². The molecule has 1 aliphatic heterocycles. The number of morpholine rings is 1. The van der Waals surface area contributed by atoms with Crippen molar-refractivity contribution in [3.8, 4) is 0 Å². The molecule has 7 heteroatoms. The zero-order valence-electron chi connectivity index (χ0n) is 16.7. The fraction of sp³-hybridized carbons (Fsp3) is 0.750. The Balaban J connectivity index is 0.00000261. The van der Waals surface area contributed by atoms with Crippen molar-refractivity contribution in [2.75, 3.05) is 46.4 Å². The van der Waals surface area contributed by atoms with Gasteiger partial charge in [-0.25, -0.2) is 0 Å². The maximum Gasteiger partial charge on any atom is 0.191 e. The SMILES string of the molecule is CCNC(=NCC1(c2cccs2)CCCCC1)NCC1CN(C)CCO1.I. The molecule has 27 heavy (non-hydrogen) atoms. The number of thiophene rings is 1. The van der Waals surface area contributed by atoms with Gasteiger partial charge in [-0.15, -0.1) is 35.3 Å². The predicted octanol–water partition coefficient (Wildman–Crippen LogP) is 3.45. The standard InChI is InChI=1S/C20H34N4OS.HI/c1-3-21-19(22-14-17-15-24(2)11-12-25-17)23-16-20(9-5-4-6-10-20)18-8-7-13-26-18;/h7-8,13,17H,3-6,9-12,14-16H2,1-2H3,(H2,21,22,23);1H. The quantitative estimate of drug-likeness (QED) is 0.353. The molecule has 1 unspecified atom stereocenters. The second-order valence-corrected chi connectivity index (χ2v) is 8.60. The lowest BCUT2D eigenvalue weighted by molar-refractivity contribution is -0.0161. The Morgan fingerprint density at radius 3 is 2.81 bits per heavy atom. The molecule has 1 atom stereocenters. The third-order valence-electron chi connectivity index (χ3n) is 5.58. The van der Waals surface area contributed by atoms with Crippen molar-refractivity contribution >= 4 is 41.3 Å². The van der Waals surface area contributed by atoms with Crippen LogP contribution in [0.15, 0.2) is 22.5 Å². The molecule has 2 fully saturated rings. The summed E-state index contributed by atoms with van der Waals surface area (Å²) >= 11 is 1.89. The van der Waals surface area contributed by atoms with E-state index in [-0.39, 0.29) is 35.5 Å². The monoisotopic (exact) mass is 506 g/mol. The van der Waals surface area contributed by atoms with E-state index in [1.807, 2.05) is 11.3 Å². The Hall–Kier alpha value is -0.380. The maximum absolute atomic E-state index is 5.86. The van der Waals surface area contributed by atoms with Crippen LogP contribution in [0, 0.1) is 0 Å². The lowest BCUT2D eigenvalue weighted by Gasteiger charge is -2.35. The molecule has 3 rings (SSSR count). The first kappa shape index (κ1) is 22.9. The molecule has 0 amide bonds. The molecule has 1 saturated heterocycles. The molecular weight excluding hydrogens is 471 g/mol. The van der Waals surface area contributed by atoms with Gasteiger partial charge in [0.05, 0.1) is 19.3 Å². The molecule has 0 bridgehead atoms. The van der Waals surface area contributed by atoms with Gasteiger partial charge in [0, 0.05) is 36.5 Å². The zero-order chi connectivity index (χ0) is 18.2. The summed E-state index contributed by atoms with van der Waals surface area (Å²) in [4.78, 5) is 8.84. The molecule has 0 aromatic carbocycles. The van der Waals surface area contributed by atoms with Crippen LogP contribution in [0.3, 0.4) is 0 Å². The van der Waals surface area contributed by atoms with E-state index in [1.54, 1.807) is 0 Å². The number of nitrogens with zero attached hydrogens (tertiary/aromatic N) is 2. The Morgan fingerprint density at radius 1 is 1.33 bits per heavy atom. The largest absolute Gasteiger partial charge is 0.374 e. The Morgan fingerprint density at radius 2 is 2.15 bits per heavy atom. The number of rotatable bonds is 6. The number of hydrogen-bond acceptors (Lipinski definition) is 4. The van der Waals surface area contributed by atoms with Crippen molar-refractivity contribution in [3.05, 3.63) is 22.4 Å². The summed E-state index contributed by atoms with van der Waals surface area (Å²) in [6.45, 7) is 7.50. The number of ether oxygens (including phenoxy) is 1. The van der Waals surface area contributed by atoms with Gasteiger partial charge in [-0.1, -0.05) is 25.3 Å². The number of halogens is 1. The molecule has 5 nitrogen and oxygen atoms in total. The van der Waals surface area contributed by atoms with Crippen LogP contribution in [0.25, 0.3) is 0 Å². The van der Waals surface area contributed by atoms with E-state index in [0.717, 1.165) is 45.3 Å². The highest BCUT2D eigenvalue weighted by Crippen LogP contribution is 2.41. The van der Waals surface area contributed by atoms with Crippen LogP contribution >= 0.6 is 35.3 Å². The van der Waals surface area contributed by atoms with E-state index in [0.29, 0.717) is 0 Å². The number of guanidine groups is 1. The van der Waals surface area contributed by atoms with Crippen LogP contribution in [-0.4, -0.2) is 63.3 Å². The summed E-state index contributed by atoms with van der Waals surface area (Å²) in [6, 6.07) is 4.48. The molecule has 1 saturated carbocycles. The minimum atomic E-state index is 0. The highest BCUT2D eigenvalue weighted by molar-refractivity contribution is 14.0. The maximum atomic E-state index is 5.86. The third-order valence-corrected chi connectivity index (χ3v) is 6.69. The minimum Gasteiger partial charge on any atom is -0.374 e. The number of likely N-dealkylation sites (N-methyl/N-ethyl adjacent to an activating group) is 1. The number of nitrogens with one attached hydrogen (secondary N) is 2. The molecule has 1 aromatic heterocycles. The summed E-state index contributed by atoms with van der Waals surface area (Å²) in [5.41, 5.74) is 0.232. The first-order valence-corrected chi connectivity index (χ1v) is 11.0. The highest BCUT2D eigenvalue weighted by Gasteiger charge is 2.34. The highest BCUT2D eigenvalue weighted by atomic mass is 127. The van der Waals surface area contributed by atoms with Gasteiger partial charge in [-0.3, -0.25) is 4.99 Å². The van der Waals surface area contributed by atoms with Gasteiger partial charge >= 0.3 is 0 Å². The van der Waals surface area contributed by atoms with E-state index in [2.05, 4.69) is 47.0 Å². The van der Waals surface area contributed by atoms with Gasteiger partial charge in [-0.2, -0.15) is 0 Å². The first-order chi connectivity index (χ1) is 12.7. The summed E-state index contributed by atoms with van der Waals surface area (Å²) in [5, 5.41) is 9.12. The second kappa shape index (κ2) is 11.6. The molecular formula is C20H35IN4OS. The Bertz CT molecular complexity index is 560. The lowest BCUT2D eigenvalue weighted by Crippen LogP contribution is -2.48. The van der Waals surface area contributed by atoms with Gasteiger partial charge in [-0.05, 0) is 38.3 Å². The van der Waals surface area contributed by atoms with Gasteiger partial charge < -0.3 is 20.3 Å². The smallest absolute Gasteiger partial charge is 0.191 e. The van der Waals surface area contributed by atoms with Crippen molar-refractivity contribution in [2.45, 2.75) is 50.5 Å². The average Bonchev–Trinajstić information content (AvgIpc) is 3.20. The third kappa shape index (κ3) is 6.58. The van der Waals surface area contributed by atoms with Gasteiger partial charge in [0.1, 0.15) is 0 Å².